The first-order valence-electron chi connectivity index (χ1n) is 12.6. The number of piperidine rings is 1. The Kier molecular flexibility index (Phi) is 7.75. The van der Waals surface area contributed by atoms with Gasteiger partial charge in [0.2, 0.25) is 5.91 Å². The van der Waals surface area contributed by atoms with E-state index in [9.17, 15) is 22.8 Å². The Bertz CT molecular complexity index is 1540. The van der Waals surface area contributed by atoms with Gasteiger partial charge in [-0.2, -0.15) is 0 Å². The minimum Gasteiger partial charge on any atom is -0.373 e. The fourth-order valence-electron chi connectivity index (χ4n) is 5.41. The van der Waals surface area contributed by atoms with Gasteiger partial charge in [-0.25, -0.2) is 18.2 Å². The number of aromatic nitrogens is 2. The molecule has 10 heteroatoms. The van der Waals surface area contributed by atoms with E-state index in [-0.39, 0.29) is 17.0 Å². The number of anilines is 1. The van der Waals surface area contributed by atoms with Crippen LogP contribution in [0.3, 0.4) is 0 Å². The SMILES string of the molecule is C#Cc1c(C)nc(N[C@H](C)c2cccc(C(F)F)c2F)c2cc(C3(OC)CCN(C(C)=O)CC3)c(=O)n(C)c12. The Hall–Kier alpha value is -3.84. The van der Waals surface area contributed by atoms with Crippen LogP contribution in [0.4, 0.5) is 19.0 Å². The van der Waals surface area contributed by atoms with Crippen LogP contribution >= 0.6 is 0 Å². The molecule has 7 nitrogen and oxygen atoms in total. The summed E-state index contributed by atoms with van der Waals surface area (Å²) in [5.74, 6) is 1.90. The van der Waals surface area contributed by atoms with Crippen LogP contribution in [0.1, 0.15) is 67.1 Å². The van der Waals surface area contributed by atoms with E-state index < -0.39 is 29.4 Å². The van der Waals surface area contributed by atoms with Gasteiger partial charge < -0.3 is 19.5 Å². The minimum absolute atomic E-state index is 0.0481. The van der Waals surface area contributed by atoms with E-state index in [1.807, 2.05) is 0 Å². The van der Waals surface area contributed by atoms with Gasteiger partial charge in [-0.1, -0.05) is 24.1 Å². The Morgan fingerprint density at radius 2 is 1.90 bits per heavy atom. The Labute approximate surface area is 225 Å². The fourth-order valence-corrected chi connectivity index (χ4v) is 5.41. The molecular weight excluding hydrogens is 509 g/mol. The number of likely N-dealkylation sites (tertiary alicyclic amines) is 1. The minimum atomic E-state index is -2.95. The van der Waals surface area contributed by atoms with E-state index in [2.05, 4.69) is 16.2 Å². The third-order valence-corrected chi connectivity index (χ3v) is 7.70. The summed E-state index contributed by atoms with van der Waals surface area (Å²) in [6.07, 6.45) is 3.68. The average Bonchev–Trinajstić information content (AvgIpc) is 2.90. The number of halogens is 3. The maximum Gasteiger partial charge on any atom is 0.266 e. The maximum atomic E-state index is 14.9. The number of nitrogens with one attached hydrogen (secondary N) is 1. The second kappa shape index (κ2) is 10.7. The first-order valence-corrected chi connectivity index (χ1v) is 12.6. The molecule has 206 valence electrons. The summed E-state index contributed by atoms with van der Waals surface area (Å²) in [6, 6.07) is 4.83. The first-order chi connectivity index (χ1) is 18.5. The zero-order valence-corrected chi connectivity index (χ0v) is 22.6. The molecular formula is C29H31F3N4O3. The zero-order valence-electron chi connectivity index (χ0n) is 22.6. The average molecular weight is 541 g/mol. The van der Waals surface area contributed by atoms with Crippen molar-refractivity contribution in [3.8, 4) is 12.3 Å². The Morgan fingerprint density at radius 1 is 1.26 bits per heavy atom. The lowest BCUT2D eigenvalue weighted by molar-refractivity contribution is -0.135. The number of terminal acetylenes is 1. The van der Waals surface area contributed by atoms with E-state index in [1.54, 1.807) is 31.9 Å². The van der Waals surface area contributed by atoms with Gasteiger partial charge in [0, 0.05) is 45.1 Å². The number of hydrogen-bond acceptors (Lipinski definition) is 5. The number of methoxy groups -OCH3 is 1. The summed E-state index contributed by atoms with van der Waals surface area (Å²) in [7, 11) is 3.15. The summed E-state index contributed by atoms with van der Waals surface area (Å²) in [5, 5.41) is 3.66. The predicted octanol–water partition coefficient (Wildman–Crippen LogP) is 4.96. The van der Waals surface area contributed by atoms with Crippen molar-refractivity contribution in [3.63, 3.8) is 0 Å². The summed E-state index contributed by atoms with van der Waals surface area (Å²) in [6.45, 7) is 5.70. The second-order valence-electron chi connectivity index (χ2n) is 9.87. The van der Waals surface area contributed by atoms with Gasteiger partial charge in [0.25, 0.3) is 12.0 Å². The number of carbonyl (C=O) groups is 1. The normalized spacial score (nSPS) is 15.8. The molecule has 0 unspecified atom stereocenters. The number of nitrogens with zero attached hydrogens (tertiary/aromatic N) is 3. The molecule has 1 aromatic carbocycles. The van der Waals surface area contributed by atoms with Gasteiger partial charge >= 0.3 is 0 Å². The van der Waals surface area contributed by atoms with Gasteiger partial charge in [0.05, 0.1) is 33.9 Å². The topological polar surface area (TPSA) is 76.5 Å². The Morgan fingerprint density at radius 3 is 2.46 bits per heavy atom. The molecule has 1 amide bonds. The molecule has 3 aromatic rings. The second-order valence-corrected chi connectivity index (χ2v) is 9.87. The van der Waals surface area contributed by atoms with Crippen molar-refractivity contribution >= 4 is 22.6 Å². The van der Waals surface area contributed by atoms with Crippen LogP contribution in [0, 0.1) is 25.1 Å². The standard InChI is InChI=1S/C29H31F3N4O3/c1-7-19-16(2)33-27(34-17(3)20-9-8-10-21(24(20)30)26(31)32)22-15-23(28(38)35(5)25(19)22)29(39-6)11-13-36(14-12-29)18(4)37/h1,8-10,15,17,26H,11-14H2,2-6H3,(H,33,34)/t17-/m1/s1. The summed E-state index contributed by atoms with van der Waals surface area (Å²) in [5.41, 5.74) is -0.119. The zero-order chi connectivity index (χ0) is 28.6. The molecule has 0 radical (unpaired) electrons. The van der Waals surface area contributed by atoms with Crippen molar-refractivity contribution in [2.24, 2.45) is 7.05 Å². The maximum absolute atomic E-state index is 14.9. The van der Waals surface area contributed by atoms with Gasteiger partial charge in [-0.15, -0.1) is 6.42 Å². The number of aryl methyl sites for hydroxylation is 2. The highest BCUT2D eigenvalue weighted by atomic mass is 19.3. The van der Waals surface area contributed by atoms with E-state index >= 15 is 0 Å². The quantitative estimate of drug-likeness (QED) is 0.448. The lowest BCUT2D eigenvalue weighted by atomic mass is 9.84. The highest BCUT2D eigenvalue weighted by molar-refractivity contribution is 5.94. The number of amides is 1. The number of benzene rings is 1. The predicted molar refractivity (Wildman–Crippen MR) is 143 cm³/mol. The van der Waals surface area contributed by atoms with E-state index in [0.717, 1.165) is 6.07 Å². The number of carbonyl (C=O) groups excluding carboxylic acids is 1. The smallest absolute Gasteiger partial charge is 0.266 e. The van der Waals surface area contributed by atoms with Gasteiger partial charge in [-0.3, -0.25) is 9.59 Å². The van der Waals surface area contributed by atoms with Crippen molar-refractivity contribution in [2.45, 2.75) is 51.7 Å². The van der Waals surface area contributed by atoms with Gasteiger partial charge in [-0.05, 0) is 32.8 Å². The largest absolute Gasteiger partial charge is 0.373 e. The van der Waals surface area contributed by atoms with Crippen LogP contribution in [0.25, 0.3) is 10.9 Å². The molecule has 0 saturated carbocycles. The Balaban J connectivity index is 1.89. The van der Waals surface area contributed by atoms with Crippen LogP contribution < -0.4 is 10.9 Å². The molecule has 39 heavy (non-hydrogen) atoms. The molecule has 0 spiro atoms. The monoisotopic (exact) mass is 540 g/mol. The molecule has 1 fully saturated rings. The molecule has 1 atom stereocenters. The molecule has 4 rings (SSSR count). The number of alkyl halides is 2. The van der Waals surface area contributed by atoms with Crippen LogP contribution in [0.5, 0.6) is 0 Å². The van der Waals surface area contributed by atoms with Crippen molar-refractivity contribution in [3.05, 3.63) is 68.4 Å². The van der Waals surface area contributed by atoms with Crippen LogP contribution in [-0.4, -0.2) is 40.6 Å². The van der Waals surface area contributed by atoms with E-state index in [1.165, 1.54) is 30.7 Å². The van der Waals surface area contributed by atoms with Crippen molar-refractivity contribution < 1.29 is 22.7 Å². The molecule has 1 N–H and O–H groups in total. The van der Waals surface area contributed by atoms with Crippen LogP contribution in [0.15, 0.2) is 29.1 Å². The molecule has 2 aromatic heterocycles. The molecule has 3 heterocycles. The summed E-state index contributed by atoms with van der Waals surface area (Å²) in [4.78, 5) is 32.0. The summed E-state index contributed by atoms with van der Waals surface area (Å²) >= 11 is 0. The third kappa shape index (κ3) is 4.87. The van der Waals surface area contributed by atoms with E-state index in [0.29, 0.717) is 59.5 Å². The summed E-state index contributed by atoms with van der Waals surface area (Å²) < 4.78 is 49.0. The number of rotatable bonds is 6. The highest BCUT2D eigenvalue weighted by Gasteiger charge is 2.40. The number of hydrogen-bond donors (Lipinski definition) is 1. The van der Waals surface area contributed by atoms with Gasteiger partial charge in [0.1, 0.15) is 17.2 Å². The van der Waals surface area contributed by atoms with Crippen molar-refractivity contribution in [1.82, 2.24) is 14.5 Å². The first kappa shape index (κ1) is 28.2. The molecule has 1 saturated heterocycles. The lowest BCUT2D eigenvalue weighted by Crippen LogP contribution is -2.48. The molecule has 1 aliphatic rings. The number of fused-ring (bicyclic) bond motifs is 1. The number of pyridine rings is 2. The van der Waals surface area contributed by atoms with Crippen LogP contribution in [0.2, 0.25) is 0 Å². The third-order valence-electron chi connectivity index (χ3n) is 7.70. The van der Waals surface area contributed by atoms with Crippen molar-refractivity contribution in [2.75, 3.05) is 25.5 Å². The van der Waals surface area contributed by atoms with Gasteiger partial charge in [0.15, 0.2) is 0 Å². The number of ether oxygens (including phenoxy) is 1. The molecule has 0 aliphatic carbocycles. The fraction of sp³-hybridized carbons (Fsp3) is 0.414. The molecule has 0 bridgehead atoms. The molecule has 1 aliphatic heterocycles. The van der Waals surface area contributed by atoms with Crippen LogP contribution in [-0.2, 0) is 22.2 Å². The lowest BCUT2D eigenvalue weighted by Gasteiger charge is -2.40. The van der Waals surface area contributed by atoms with Crippen molar-refractivity contribution in [1.29, 1.82) is 0 Å². The highest BCUT2D eigenvalue weighted by Crippen LogP contribution is 2.38. The van der Waals surface area contributed by atoms with E-state index in [4.69, 9.17) is 11.2 Å².